The first-order valence-corrected chi connectivity index (χ1v) is 8.02. The molecule has 10 heteroatoms. The van der Waals surface area contributed by atoms with Gasteiger partial charge in [-0.1, -0.05) is 18.7 Å². The van der Waals surface area contributed by atoms with Crippen molar-refractivity contribution in [3.05, 3.63) is 46.1 Å². The van der Waals surface area contributed by atoms with Gasteiger partial charge in [0.05, 0.1) is 5.75 Å². The summed E-state index contributed by atoms with van der Waals surface area (Å²) in [6.45, 7) is 2.39. The van der Waals surface area contributed by atoms with Gasteiger partial charge in [-0.2, -0.15) is 0 Å². The number of hydrogen-bond acceptors (Lipinski definition) is 5. The molecule has 2 amide bonds. The van der Waals surface area contributed by atoms with Crippen molar-refractivity contribution in [3.8, 4) is 0 Å². The molecule has 1 aromatic carbocycles. The first-order valence-electron chi connectivity index (χ1n) is 7.03. The van der Waals surface area contributed by atoms with Crippen molar-refractivity contribution in [3.63, 3.8) is 0 Å². The molecule has 0 bridgehead atoms. The number of thioether (sulfide) groups is 1. The lowest BCUT2D eigenvalue weighted by Gasteiger charge is -2.01. The van der Waals surface area contributed by atoms with Gasteiger partial charge >= 0.3 is 5.69 Å². The van der Waals surface area contributed by atoms with Crippen LogP contribution in [0.3, 0.4) is 0 Å². The molecular weight excluding hydrogens is 337 g/mol. The highest BCUT2D eigenvalue weighted by atomic mass is 32.2. The maximum Gasteiger partial charge on any atom is 0.343 e. The third kappa shape index (κ3) is 4.69. The third-order valence-corrected chi connectivity index (χ3v) is 3.80. The van der Waals surface area contributed by atoms with Gasteiger partial charge in [0.2, 0.25) is 0 Å². The Bertz CT molecular complexity index is 813. The zero-order valence-corrected chi connectivity index (χ0v) is 13.5. The fourth-order valence-electron chi connectivity index (χ4n) is 1.74. The van der Waals surface area contributed by atoms with Crippen LogP contribution in [0.15, 0.2) is 44.4 Å². The van der Waals surface area contributed by atoms with E-state index in [4.69, 9.17) is 0 Å². The number of H-pyrrole nitrogens is 1. The lowest BCUT2D eigenvalue weighted by Crippen LogP contribution is -2.17. The van der Waals surface area contributed by atoms with Crippen LogP contribution in [0.25, 0.3) is 0 Å². The fourth-order valence-corrected chi connectivity index (χ4v) is 2.49. The van der Waals surface area contributed by atoms with Gasteiger partial charge in [0.15, 0.2) is 5.16 Å². The largest absolute Gasteiger partial charge is 0.343 e. The van der Waals surface area contributed by atoms with Crippen molar-refractivity contribution < 1.29 is 14.0 Å². The molecule has 1 heterocycles. The van der Waals surface area contributed by atoms with Gasteiger partial charge in [0.1, 0.15) is 5.82 Å². The van der Waals surface area contributed by atoms with Crippen LogP contribution in [0.2, 0.25) is 0 Å². The minimum atomic E-state index is -0.740. The molecular formula is C14H14FN5O3S. The lowest BCUT2D eigenvalue weighted by atomic mass is 10.2. The van der Waals surface area contributed by atoms with Gasteiger partial charge in [-0.15, -0.1) is 15.3 Å². The maximum absolute atomic E-state index is 12.8. The smallest absolute Gasteiger partial charge is 0.270 e. The summed E-state index contributed by atoms with van der Waals surface area (Å²) in [5, 5.41) is 13.1. The highest BCUT2D eigenvalue weighted by molar-refractivity contribution is 7.99. The second-order valence-corrected chi connectivity index (χ2v) is 5.60. The molecule has 1 aromatic heterocycles. The fraction of sp³-hybridized carbons (Fsp3) is 0.286. The molecule has 0 atom stereocenters. The first kappa shape index (κ1) is 17.7. The van der Waals surface area contributed by atoms with Crippen LogP contribution in [-0.2, 0) is 11.3 Å². The van der Waals surface area contributed by atoms with Crippen LogP contribution in [0.4, 0.5) is 4.39 Å². The number of aromatic nitrogens is 3. The second kappa shape index (κ2) is 8.29. The van der Waals surface area contributed by atoms with Crippen LogP contribution >= 0.6 is 11.8 Å². The van der Waals surface area contributed by atoms with Gasteiger partial charge in [0, 0.05) is 12.1 Å². The molecule has 0 aliphatic heterocycles. The molecule has 126 valence electrons. The Labute approximate surface area is 140 Å². The molecule has 1 N–H and O–H groups in total. The van der Waals surface area contributed by atoms with Gasteiger partial charge in [-0.3, -0.25) is 14.2 Å². The topological polar surface area (TPSA) is 110 Å². The number of hydrogen-bond donors (Lipinski definition) is 1. The molecule has 0 aliphatic rings. The van der Waals surface area contributed by atoms with E-state index < -0.39 is 17.6 Å². The Kier molecular flexibility index (Phi) is 6.13. The van der Waals surface area contributed by atoms with E-state index in [1.54, 1.807) is 0 Å². The van der Waals surface area contributed by atoms with Crippen molar-refractivity contribution in [1.29, 1.82) is 0 Å². The molecule has 2 rings (SSSR count). The van der Waals surface area contributed by atoms with E-state index >= 15 is 0 Å². The summed E-state index contributed by atoms with van der Waals surface area (Å²) in [6.07, 6.45) is 0.743. The molecule has 8 nitrogen and oxygen atoms in total. The predicted molar refractivity (Wildman–Crippen MR) is 84.5 cm³/mol. The number of carbonyl (C=O) groups excluding carboxylic acids is 2. The summed E-state index contributed by atoms with van der Waals surface area (Å²) < 4.78 is 14.2. The van der Waals surface area contributed by atoms with E-state index in [1.807, 2.05) is 6.92 Å². The Balaban J connectivity index is 1.92. The minimum Gasteiger partial charge on any atom is -0.270 e. The lowest BCUT2D eigenvalue weighted by molar-refractivity contribution is -0.115. The zero-order valence-electron chi connectivity index (χ0n) is 12.7. The first-order chi connectivity index (χ1) is 11.5. The number of aromatic amines is 1. The maximum atomic E-state index is 12.8. The molecule has 0 radical (unpaired) electrons. The van der Waals surface area contributed by atoms with Crippen molar-refractivity contribution in [2.45, 2.75) is 25.0 Å². The average molecular weight is 351 g/mol. The normalized spacial score (nSPS) is 11.1. The number of nitrogens with zero attached hydrogens (tertiary/aromatic N) is 4. The summed E-state index contributed by atoms with van der Waals surface area (Å²) in [4.78, 5) is 34.8. The quantitative estimate of drug-likeness (QED) is 0.632. The van der Waals surface area contributed by atoms with Crippen molar-refractivity contribution in [2.75, 3.05) is 5.75 Å². The Morgan fingerprint density at radius 2 is 2.00 bits per heavy atom. The van der Waals surface area contributed by atoms with Crippen molar-refractivity contribution in [1.82, 2.24) is 14.8 Å². The Morgan fingerprint density at radius 3 is 2.67 bits per heavy atom. The number of amides is 2. The molecule has 0 spiro atoms. The highest BCUT2D eigenvalue weighted by Crippen LogP contribution is 2.13. The SMILES string of the molecule is CCCn1c(SCC(=O)N=NC(=O)c2ccc(F)cc2)n[nH]c1=O. The minimum absolute atomic E-state index is 0.117. The van der Waals surface area contributed by atoms with Gasteiger partial charge in [0.25, 0.3) is 11.8 Å². The summed E-state index contributed by atoms with van der Waals surface area (Å²) in [5.74, 6) is -1.98. The van der Waals surface area contributed by atoms with E-state index in [0.29, 0.717) is 11.7 Å². The van der Waals surface area contributed by atoms with Crippen molar-refractivity contribution in [2.24, 2.45) is 10.2 Å². The average Bonchev–Trinajstić information content (AvgIpc) is 2.92. The van der Waals surface area contributed by atoms with Crippen molar-refractivity contribution >= 4 is 23.6 Å². The number of halogens is 1. The van der Waals surface area contributed by atoms with Gasteiger partial charge in [-0.05, 0) is 30.7 Å². The molecule has 24 heavy (non-hydrogen) atoms. The molecule has 0 saturated heterocycles. The van der Waals surface area contributed by atoms with E-state index in [9.17, 15) is 18.8 Å². The molecule has 0 saturated carbocycles. The zero-order chi connectivity index (χ0) is 17.5. The Hall–Kier alpha value is -2.62. The highest BCUT2D eigenvalue weighted by Gasteiger charge is 2.11. The molecule has 0 aliphatic carbocycles. The second-order valence-electron chi connectivity index (χ2n) is 4.66. The number of rotatable bonds is 6. The summed E-state index contributed by atoms with van der Waals surface area (Å²) in [5.41, 5.74) is -0.218. The van der Waals surface area contributed by atoms with E-state index in [1.165, 1.54) is 16.7 Å². The summed E-state index contributed by atoms with van der Waals surface area (Å²) in [6, 6.07) is 4.74. The number of benzene rings is 1. The standard InChI is InChI=1S/C14H14FN5O3S/c1-2-7-20-13(23)18-19-14(20)24-8-11(21)16-17-12(22)9-3-5-10(15)6-4-9/h3-6H,2,7-8H2,1H3,(H,18,23). The molecule has 0 unspecified atom stereocenters. The predicted octanol–water partition coefficient (Wildman–Crippen LogP) is 2.03. The van der Waals surface area contributed by atoms with Crippen LogP contribution in [0.5, 0.6) is 0 Å². The number of azo groups is 1. The number of carbonyl (C=O) groups is 2. The van der Waals surface area contributed by atoms with Gasteiger partial charge < -0.3 is 0 Å². The Morgan fingerprint density at radius 1 is 1.29 bits per heavy atom. The van der Waals surface area contributed by atoms with Crippen LogP contribution in [-0.4, -0.2) is 32.3 Å². The van der Waals surface area contributed by atoms with Crippen LogP contribution in [0, 0.1) is 5.82 Å². The number of nitrogens with one attached hydrogen (secondary N) is 1. The van der Waals surface area contributed by atoms with Crippen LogP contribution in [0.1, 0.15) is 23.7 Å². The molecule has 0 fully saturated rings. The summed E-state index contributed by atoms with van der Waals surface area (Å²) in [7, 11) is 0. The van der Waals surface area contributed by atoms with E-state index in [2.05, 4.69) is 20.4 Å². The van der Waals surface area contributed by atoms with Crippen LogP contribution < -0.4 is 5.69 Å². The van der Waals surface area contributed by atoms with Gasteiger partial charge in [-0.25, -0.2) is 14.3 Å². The summed E-state index contributed by atoms with van der Waals surface area (Å²) >= 11 is 1.02. The van der Waals surface area contributed by atoms with E-state index in [0.717, 1.165) is 30.3 Å². The third-order valence-electron chi connectivity index (χ3n) is 2.84. The van der Waals surface area contributed by atoms with E-state index in [-0.39, 0.29) is 17.0 Å². The molecule has 2 aromatic rings. The monoisotopic (exact) mass is 351 g/mol.